The number of carbonyl (C=O) groups excluding carboxylic acids is 1. The molecule has 4 nitrogen and oxygen atoms in total. The molecule has 2 aliphatic carbocycles. The number of Topliss-reactive ketones (excluding diaryl/α,β-unsaturated/α-hetero) is 1. The molecule has 2 aliphatic heterocycles. The molecular weight excluding hydrogens is 278 g/mol. The summed E-state index contributed by atoms with van der Waals surface area (Å²) in [5, 5.41) is 0. The van der Waals surface area contributed by atoms with Crippen molar-refractivity contribution < 1.29 is 23.9 Å². The van der Waals surface area contributed by atoms with Crippen molar-refractivity contribution in [1.82, 2.24) is 4.90 Å². The maximum Gasteiger partial charge on any atom is 0.174 e. The third kappa shape index (κ3) is 1.27. The van der Waals surface area contributed by atoms with Gasteiger partial charge in [-0.2, -0.15) is 0 Å². The van der Waals surface area contributed by atoms with E-state index in [0.29, 0.717) is 22.6 Å². The van der Waals surface area contributed by atoms with Crippen LogP contribution in [0.2, 0.25) is 0 Å². The van der Waals surface area contributed by atoms with Gasteiger partial charge >= 0.3 is 0 Å². The van der Waals surface area contributed by atoms with Crippen molar-refractivity contribution in [2.24, 2.45) is 5.89 Å². The highest BCUT2D eigenvalue weighted by atomic mass is 16.5. The Morgan fingerprint density at radius 2 is 2.50 bits per heavy atom. The second kappa shape index (κ2) is 4.05. The van der Waals surface area contributed by atoms with E-state index < -0.39 is 49.0 Å². The summed E-state index contributed by atoms with van der Waals surface area (Å²) >= 11 is 0. The van der Waals surface area contributed by atoms with Gasteiger partial charge in [-0.3, -0.25) is 4.79 Å². The van der Waals surface area contributed by atoms with E-state index in [1.165, 1.54) is 7.11 Å². The molecule has 1 saturated heterocycles. The first-order valence-electron chi connectivity index (χ1n) is 11.0. The van der Waals surface area contributed by atoms with E-state index >= 15 is 0 Å². The molecule has 2 bridgehead atoms. The zero-order valence-electron chi connectivity index (χ0n) is 19.2. The molecule has 0 N–H and O–H groups in total. The fraction of sp³-hybridized carbons (Fsp3) is 0.611. The number of likely N-dealkylation sites (tertiary alicyclic amines) is 1. The van der Waals surface area contributed by atoms with Gasteiger partial charge in [0.15, 0.2) is 23.4 Å². The van der Waals surface area contributed by atoms with Crippen molar-refractivity contribution in [3.63, 3.8) is 0 Å². The van der Waals surface area contributed by atoms with Gasteiger partial charge < -0.3 is 14.4 Å². The topological polar surface area (TPSA) is 38.8 Å². The van der Waals surface area contributed by atoms with E-state index in [0.717, 1.165) is 4.90 Å². The van der Waals surface area contributed by atoms with E-state index in [4.69, 9.17) is 16.3 Å². The lowest BCUT2D eigenvalue weighted by Gasteiger charge is -2.57. The van der Waals surface area contributed by atoms with Gasteiger partial charge in [-0.15, -0.1) is 0 Å². The highest BCUT2D eigenvalue weighted by molar-refractivity contribution is 5.89. The normalized spacial score (nSPS) is 52.7. The van der Waals surface area contributed by atoms with E-state index in [9.17, 15) is 7.54 Å². The molecule has 1 aromatic carbocycles. The molecule has 1 aromatic rings. The Kier molecular flexibility index (Phi) is 1.44. The summed E-state index contributed by atoms with van der Waals surface area (Å²) in [7, 11) is 1.46. The number of nitrogens with zero attached hydrogens (tertiary/aromatic N) is 1. The minimum absolute atomic E-state index is 0.00708. The molecule has 5 rings (SSSR count). The molecule has 0 radical (unpaired) electrons. The summed E-state index contributed by atoms with van der Waals surface area (Å²) < 4.78 is 70.6. The fourth-order valence-electron chi connectivity index (χ4n) is 4.62. The standard InChI is InChI=1S/C18H21NO3/c1-19-8-7-18-11-4-5-13(20)17(18)22-16-14(21-2)6-3-10(15(16)18)9-12(11)19/h3,6,11-12,17H,4-5,7-9H2,1-2H3/t11-,12+,17?,18-/m0/s1/i1D3,5D2,11D,12D. The van der Waals surface area contributed by atoms with E-state index in [2.05, 4.69) is 0 Å². The molecule has 1 unspecified atom stereocenters. The molecule has 2 heterocycles. The second-order valence-electron chi connectivity index (χ2n) is 6.32. The van der Waals surface area contributed by atoms with E-state index in [-0.39, 0.29) is 19.4 Å². The van der Waals surface area contributed by atoms with Gasteiger partial charge in [-0.05, 0) is 50.3 Å². The van der Waals surface area contributed by atoms with Crippen molar-refractivity contribution in [2.45, 2.75) is 43.2 Å². The lowest BCUT2D eigenvalue weighted by atomic mass is 9.52. The Bertz CT molecular complexity index is 950. The predicted molar refractivity (Wildman–Crippen MR) is 81.6 cm³/mol. The quantitative estimate of drug-likeness (QED) is 0.795. The van der Waals surface area contributed by atoms with E-state index in [1.54, 1.807) is 12.1 Å². The van der Waals surface area contributed by atoms with Crippen molar-refractivity contribution in [1.29, 1.82) is 0 Å². The van der Waals surface area contributed by atoms with Gasteiger partial charge in [0.05, 0.1) is 7.11 Å². The second-order valence-corrected chi connectivity index (χ2v) is 6.32. The van der Waals surface area contributed by atoms with E-state index in [1.807, 2.05) is 0 Å². The highest BCUT2D eigenvalue weighted by Gasteiger charge is 2.65. The number of carbonyl (C=O) groups is 1. The Morgan fingerprint density at radius 3 is 3.32 bits per heavy atom. The molecule has 1 spiro atoms. The Morgan fingerprint density at radius 1 is 1.59 bits per heavy atom. The number of hydrogen-bond donors (Lipinski definition) is 0. The van der Waals surface area contributed by atoms with Gasteiger partial charge in [0, 0.05) is 33.0 Å². The van der Waals surface area contributed by atoms with Crippen molar-refractivity contribution >= 4 is 5.78 Å². The van der Waals surface area contributed by atoms with Crippen LogP contribution in [-0.4, -0.2) is 43.4 Å². The van der Waals surface area contributed by atoms with Crippen LogP contribution in [0.15, 0.2) is 12.1 Å². The Hall–Kier alpha value is -1.55. The van der Waals surface area contributed by atoms with Crippen LogP contribution < -0.4 is 9.47 Å². The number of likely N-dealkylation sites (N-methyl/N-ethyl adjacent to an activating group) is 1. The maximum absolute atomic E-state index is 13.1. The summed E-state index contributed by atoms with van der Waals surface area (Å²) in [5.74, 6) is -1.93. The summed E-state index contributed by atoms with van der Waals surface area (Å²) in [6.07, 6.45) is -4.17. The van der Waals surface area contributed by atoms with Crippen LogP contribution in [0.4, 0.5) is 0 Å². The van der Waals surface area contributed by atoms with Crippen LogP contribution in [0.5, 0.6) is 11.5 Å². The average molecular weight is 306 g/mol. The Labute approximate surface area is 140 Å². The first-order chi connectivity index (χ1) is 13.3. The van der Waals surface area contributed by atoms with Crippen molar-refractivity contribution in [2.75, 3.05) is 20.6 Å². The summed E-state index contributed by atoms with van der Waals surface area (Å²) in [5.41, 5.74) is -0.00412. The molecule has 4 heteroatoms. The van der Waals surface area contributed by atoms with Gasteiger partial charge in [0.25, 0.3) is 0 Å². The summed E-state index contributed by atoms with van der Waals surface area (Å²) in [6, 6.07) is 1.46. The van der Waals surface area contributed by atoms with Crippen LogP contribution >= 0.6 is 0 Å². The van der Waals surface area contributed by atoms with Crippen molar-refractivity contribution in [3.8, 4) is 11.5 Å². The maximum atomic E-state index is 13.1. The highest BCUT2D eigenvalue weighted by Crippen LogP contribution is 2.62. The molecule has 116 valence electrons. The molecule has 4 atom stereocenters. The number of piperidine rings is 1. The number of ketones is 1. The Balaban J connectivity index is 1.87. The van der Waals surface area contributed by atoms with Gasteiger partial charge in [-0.25, -0.2) is 0 Å². The molecule has 0 amide bonds. The number of rotatable bonds is 1. The largest absolute Gasteiger partial charge is 0.493 e. The zero-order chi connectivity index (χ0) is 21.2. The fourth-order valence-corrected chi connectivity index (χ4v) is 4.62. The summed E-state index contributed by atoms with van der Waals surface area (Å²) in [4.78, 5) is 14.1. The lowest BCUT2D eigenvalue weighted by Crippen LogP contribution is -2.65. The van der Waals surface area contributed by atoms with Crippen molar-refractivity contribution in [3.05, 3.63) is 23.3 Å². The minimum Gasteiger partial charge on any atom is -0.493 e. The van der Waals surface area contributed by atoms with Gasteiger partial charge in [0.2, 0.25) is 0 Å². The third-order valence-electron chi connectivity index (χ3n) is 5.54. The first-order valence-corrected chi connectivity index (χ1v) is 7.53. The molecular formula is C18H21NO3. The molecule has 0 aromatic heterocycles. The molecule has 2 fully saturated rings. The van der Waals surface area contributed by atoms with Crippen LogP contribution in [0.1, 0.15) is 39.9 Å². The molecule has 22 heavy (non-hydrogen) atoms. The van der Waals surface area contributed by atoms with Crippen LogP contribution in [0.25, 0.3) is 0 Å². The SMILES string of the molecule is [2H]C1([2H])C[C@]2([2H])[C@@]34CCN(C([2H])([2H])[2H])[C@]2([2H])Cc2ccc(OC)c(c23)OC4C1=O. The van der Waals surface area contributed by atoms with Crippen LogP contribution in [-0.2, 0) is 16.6 Å². The average Bonchev–Trinajstić information content (AvgIpc) is 2.93. The number of hydrogen-bond acceptors (Lipinski definition) is 4. The van der Waals surface area contributed by atoms with Gasteiger partial charge in [-0.1, -0.05) is 6.07 Å². The van der Waals surface area contributed by atoms with Crippen LogP contribution in [0.3, 0.4) is 0 Å². The minimum atomic E-state index is -2.62. The van der Waals surface area contributed by atoms with Gasteiger partial charge in [0.1, 0.15) is 0 Å². The molecule has 4 aliphatic rings. The zero-order valence-corrected chi connectivity index (χ0v) is 12.2. The summed E-state index contributed by atoms with van der Waals surface area (Å²) in [6.45, 7) is -2.62. The molecule has 1 saturated carbocycles. The van der Waals surface area contributed by atoms with Crippen LogP contribution in [0, 0.1) is 5.89 Å². The lowest BCUT2D eigenvalue weighted by molar-refractivity contribution is -0.138. The first kappa shape index (κ1) is 7.82. The number of ether oxygens (including phenoxy) is 2. The number of methoxy groups -OCH3 is 1. The number of benzene rings is 1. The smallest absolute Gasteiger partial charge is 0.174 e. The monoisotopic (exact) mass is 306 g/mol. The predicted octanol–water partition coefficient (Wildman–Crippen LogP) is 1.93. The third-order valence-corrected chi connectivity index (χ3v) is 5.54.